The Balaban J connectivity index is 1.26. The van der Waals surface area contributed by atoms with Crippen LogP contribution in [0.5, 0.6) is 11.5 Å². The maximum absolute atomic E-state index is 12.8. The van der Waals surface area contributed by atoms with Gasteiger partial charge in [-0.2, -0.15) is 0 Å². The minimum absolute atomic E-state index is 0.0157. The van der Waals surface area contributed by atoms with Crippen molar-refractivity contribution in [3.8, 4) is 11.5 Å². The zero-order chi connectivity index (χ0) is 24.8. The molecule has 2 aliphatic carbocycles. The minimum Gasteiger partial charge on any atom is -0.464 e. The molecule has 0 fully saturated rings. The fourth-order valence-electron chi connectivity index (χ4n) is 5.30. The Morgan fingerprint density at radius 1 is 1.03 bits per heavy atom. The maximum Gasteiger partial charge on any atom is 0.315 e. The number of rotatable bonds is 5. The van der Waals surface area contributed by atoms with E-state index in [0.717, 1.165) is 56.3 Å². The van der Waals surface area contributed by atoms with Crippen LogP contribution in [0.4, 0.5) is 0 Å². The first kappa shape index (κ1) is 22.1. The predicted molar refractivity (Wildman–Crippen MR) is 138 cm³/mol. The summed E-state index contributed by atoms with van der Waals surface area (Å²) in [4.78, 5) is 24.4. The number of benzene rings is 3. The molecule has 0 N–H and O–H groups in total. The Morgan fingerprint density at radius 3 is 2.78 bits per heavy atom. The molecule has 3 aromatic carbocycles. The third-order valence-corrected chi connectivity index (χ3v) is 6.85. The van der Waals surface area contributed by atoms with E-state index in [1.807, 2.05) is 55.5 Å². The molecular weight excluding hydrogens is 452 g/mol. The van der Waals surface area contributed by atoms with E-state index in [1.165, 1.54) is 6.92 Å². The third kappa shape index (κ3) is 3.83. The van der Waals surface area contributed by atoms with Gasteiger partial charge in [-0.15, -0.1) is 0 Å². The van der Waals surface area contributed by atoms with E-state index in [1.54, 1.807) is 6.26 Å². The van der Waals surface area contributed by atoms with Crippen molar-refractivity contribution in [2.75, 3.05) is 0 Å². The van der Waals surface area contributed by atoms with Crippen LogP contribution in [0.15, 0.2) is 71.4 Å². The van der Waals surface area contributed by atoms with E-state index in [9.17, 15) is 9.59 Å². The van der Waals surface area contributed by atoms with E-state index in [2.05, 4.69) is 24.3 Å². The third-order valence-electron chi connectivity index (χ3n) is 6.85. The first-order valence-corrected chi connectivity index (χ1v) is 12.0. The maximum atomic E-state index is 12.8. The first-order valence-electron chi connectivity index (χ1n) is 12.0. The Bertz CT molecular complexity index is 1600. The molecule has 6 rings (SSSR count). The summed E-state index contributed by atoms with van der Waals surface area (Å²) in [6, 6.07) is 15.5. The molecule has 5 nitrogen and oxygen atoms in total. The first-order chi connectivity index (χ1) is 17.5. The highest BCUT2D eigenvalue weighted by molar-refractivity contribution is 5.88. The number of allylic oxidation sites excluding steroid dienone is 2. The molecule has 0 saturated carbocycles. The van der Waals surface area contributed by atoms with Crippen LogP contribution in [-0.2, 0) is 22.4 Å². The van der Waals surface area contributed by atoms with Gasteiger partial charge in [-0.3, -0.25) is 9.59 Å². The number of furan rings is 1. The highest BCUT2D eigenvalue weighted by atomic mass is 16.5. The molecule has 0 bridgehead atoms. The molecule has 1 aromatic heterocycles. The molecule has 0 spiro atoms. The predicted octanol–water partition coefficient (Wildman–Crippen LogP) is 6.54. The van der Waals surface area contributed by atoms with Crippen LogP contribution < -0.4 is 9.47 Å². The van der Waals surface area contributed by atoms with Crippen molar-refractivity contribution in [3.05, 3.63) is 106 Å². The number of hydrogen-bond donors (Lipinski definition) is 0. The van der Waals surface area contributed by atoms with Gasteiger partial charge in [0.1, 0.15) is 17.1 Å². The van der Waals surface area contributed by atoms with Crippen LogP contribution >= 0.6 is 0 Å². The quantitative estimate of drug-likeness (QED) is 0.242. The summed E-state index contributed by atoms with van der Waals surface area (Å²) in [5.41, 5.74) is 8.07. The topological polar surface area (TPSA) is 65.7 Å². The number of fused-ring (bicyclic) bond motifs is 3. The lowest BCUT2D eigenvalue weighted by molar-refractivity contribution is -0.134. The summed E-state index contributed by atoms with van der Waals surface area (Å²) in [5.74, 6) is 0.479. The largest absolute Gasteiger partial charge is 0.464 e. The molecule has 1 atom stereocenters. The summed E-state index contributed by atoms with van der Waals surface area (Å²) in [6.07, 6.45) is 10.9. The van der Waals surface area contributed by atoms with Crippen LogP contribution in [0.2, 0.25) is 0 Å². The van der Waals surface area contributed by atoms with Gasteiger partial charge in [0.05, 0.1) is 12.7 Å². The second-order valence-corrected chi connectivity index (χ2v) is 9.23. The van der Waals surface area contributed by atoms with Gasteiger partial charge in [0.25, 0.3) is 0 Å². The Morgan fingerprint density at radius 2 is 1.92 bits per heavy atom. The van der Waals surface area contributed by atoms with E-state index in [-0.39, 0.29) is 24.3 Å². The summed E-state index contributed by atoms with van der Waals surface area (Å²) in [6.45, 7) is 3.42. The summed E-state index contributed by atoms with van der Waals surface area (Å²) < 4.78 is 16.8. The summed E-state index contributed by atoms with van der Waals surface area (Å²) in [7, 11) is 0. The average molecular weight is 477 g/mol. The average Bonchev–Trinajstić information content (AvgIpc) is 3.58. The molecule has 5 heteroatoms. The standard InChI is InChI=1S/C31H24O5/c1-18-5-3-8-29-31(18)21(17-34-29)15-30(33)36-22-11-9-20-10-12-25(27(20)16-22)24-13-14-28(35-19(2)32)26-7-4-6-23(24)26/h3-6,8-14,16-17,25H,7,15H2,1-2H3. The van der Waals surface area contributed by atoms with Crippen molar-refractivity contribution in [2.24, 2.45) is 0 Å². The van der Waals surface area contributed by atoms with Crippen molar-refractivity contribution in [1.29, 1.82) is 0 Å². The molecule has 0 radical (unpaired) electrons. The zero-order valence-corrected chi connectivity index (χ0v) is 20.0. The molecule has 178 valence electrons. The zero-order valence-electron chi connectivity index (χ0n) is 20.0. The molecule has 1 heterocycles. The van der Waals surface area contributed by atoms with Gasteiger partial charge >= 0.3 is 11.9 Å². The molecule has 4 aromatic rings. The molecule has 1 unspecified atom stereocenters. The van der Waals surface area contributed by atoms with Gasteiger partial charge in [-0.05, 0) is 65.4 Å². The molecular formula is C31H24O5. The highest BCUT2D eigenvalue weighted by Gasteiger charge is 2.26. The van der Waals surface area contributed by atoms with Gasteiger partial charge in [0.2, 0.25) is 0 Å². The fourth-order valence-corrected chi connectivity index (χ4v) is 5.30. The van der Waals surface area contributed by atoms with Crippen molar-refractivity contribution in [1.82, 2.24) is 0 Å². The van der Waals surface area contributed by atoms with E-state index >= 15 is 0 Å². The lowest BCUT2D eigenvalue weighted by atomic mass is 9.88. The smallest absolute Gasteiger partial charge is 0.315 e. The molecule has 0 aliphatic heterocycles. The number of hydrogen-bond acceptors (Lipinski definition) is 5. The summed E-state index contributed by atoms with van der Waals surface area (Å²) >= 11 is 0. The van der Waals surface area contributed by atoms with Crippen LogP contribution in [0.1, 0.15) is 51.8 Å². The van der Waals surface area contributed by atoms with E-state index < -0.39 is 0 Å². The van der Waals surface area contributed by atoms with Crippen LogP contribution in [0.25, 0.3) is 23.1 Å². The Labute approximate surface area is 208 Å². The number of esters is 2. The van der Waals surface area contributed by atoms with Crippen LogP contribution in [0.3, 0.4) is 0 Å². The normalized spacial score (nSPS) is 15.2. The number of carbonyl (C=O) groups is 2. The number of aryl methyl sites for hydroxylation is 1. The number of ether oxygens (including phenoxy) is 2. The second kappa shape index (κ2) is 8.68. The Hall–Kier alpha value is -4.38. The molecule has 2 aliphatic rings. The van der Waals surface area contributed by atoms with Gasteiger partial charge in [0.15, 0.2) is 0 Å². The summed E-state index contributed by atoms with van der Waals surface area (Å²) in [5, 5.41) is 0.965. The SMILES string of the molecule is CC(=O)Oc1ccc(C2C=Cc3ccc(OC(=O)Cc4coc5cccc(C)c45)cc32)c2c1CC=C2. The highest BCUT2D eigenvalue weighted by Crippen LogP contribution is 2.43. The van der Waals surface area contributed by atoms with Crippen molar-refractivity contribution in [2.45, 2.75) is 32.6 Å². The van der Waals surface area contributed by atoms with Crippen molar-refractivity contribution < 1.29 is 23.5 Å². The lowest BCUT2D eigenvalue weighted by Gasteiger charge is -2.18. The van der Waals surface area contributed by atoms with Gasteiger partial charge in [-0.1, -0.05) is 48.6 Å². The monoisotopic (exact) mass is 476 g/mol. The molecule has 0 saturated heterocycles. The lowest BCUT2D eigenvalue weighted by Crippen LogP contribution is -2.11. The minimum atomic E-state index is -0.335. The molecule has 0 amide bonds. The van der Waals surface area contributed by atoms with E-state index in [0.29, 0.717) is 11.5 Å². The van der Waals surface area contributed by atoms with Gasteiger partial charge < -0.3 is 13.9 Å². The van der Waals surface area contributed by atoms with E-state index in [4.69, 9.17) is 13.9 Å². The van der Waals surface area contributed by atoms with Gasteiger partial charge in [0, 0.05) is 29.4 Å². The number of carbonyl (C=O) groups excluding carboxylic acids is 2. The van der Waals surface area contributed by atoms with Crippen LogP contribution in [0, 0.1) is 6.92 Å². The van der Waals surface area contributed by atoms with Gasteiger partial charge in [-0.25, -0.2) is 0 Å². The molecule has 36 heavy (non-hydrogen) atoms. The van der Waals surface area contributed by atoms with Crippen molar-refractivity contribution >= 4 is 35.1 Å². The van der Waals surface area contributed by atoms with Crippen molar-refractivity contribution in [3.63, 3.8) is 0 Å². The van der Waals surface area contributed by atoms with Crippen LogP contribution in [-0.4, -0.2) is 11.9 Å². The fraction of sp³-hybridized carbons (Fsp3) is 0.161. The Kier molecular flexibility index (Phi) is 5.33. The second-order valence-electron chi connectivity index (χ2n) is 9.23.